The predicted octanol–water partition coefficient (Wildman–Crippen LogP) is 1.57. The van der Waals surface area contributed by atoms with Crippen molar-refractivity contribution < 1.29 is 23.1 Å². The van der Waals surface area contributed by atoms with E-state index in [0.29, 0.717) is 0 Å². The Morgan fingerprint density at radius 1 is 1.37 bits per heavy atom. The highest BCUT2D eigenvalue weighted by molar-refractivity contribution is 5.95. The molecule has 0 aliphatic heterocycles. The maximum atomic E-state index is 12.4. The normalized spacial score (nSPS) is 11.5. The summed E-state index contributed by atoms with van der Waals surface area (Å²) in [4.78, 5) is 14.6. The standard InChI is InChI=1S/C10H7F3N4O2/c11-10(12,13)6-2-4-17(16-6)8-7(14)5(9(18)19)1-3-15-8/h1-4H,14H2,(H,18,19). The Morgan fingerprint density at radius 2 is 2.05 bits per heavy atom. The van der Waals surface area contributed by atoms with Gasteiger partial charge in [0.05, 0.1) is 11.3 Å². The van der Waals surface area contributed by atoms with Crippen LogP contribution in [0.3, 0.4) is 0 Å². The zero-order valence-electron chi connectivity index (χ0n) is 9.22. The molecular weight excluding hydrogens is 265 g/mol. The van der Waals surface area contributed by atoms with E-state index in [-0.39, 0.29) is 17.1 Å². The van der Waals surface area contributed by atoms with Crippen LogP contribution in [0, 0.1) is 0 Å². The highest BCUT2D eigenvalue weighted by Crippen LogP contribution is 2.28. The van der Waals surface area contributed by atoms with Crippen LogP contribution in [0.1, 0.15) is 16.1 Å². The van der Waals surface area contributed by atoms with Gasteiger partial charge in [-0.3, -0.25) is 0 Å². The van der Waals surface area contributed by atoms with Crippen molar-refractivity contribution in [2.24, 2.45) is 0 Å². The lowest BCUT2D eigenvalue weighted by Gasteiger charge is -2.07. The highest BCUT2D eigenvalue weighted by atomic mass is 19.4. The molecule has 0 spiro atoms. The van der Waals surface area contributed by atoms with Crippen molar-refractivity contribution >= 4 is 11.7 Å². The fourth-order valence-electron chi connectivity index (χ4n) is 1.42. The van der Waals surface area contributed by atoms with E-state index in [1.54, 1.807) is 0 Å². The largest absolute Gasteiger partial charge is 0.478 e. The first-order chi connectivity index (χ1) is 8.80. The lowest BCUT2D eigenvalue weighted by Crippen LogP contribution is -2.11. The molecule has 0 unspecified atom stereocenters. The van der Waals surface area contributed by atoms with Gasteiger partial charge < -0.3 is 10.8 Å². The lowest BCUT2D eigenvalue weighted by molar-refractivity contribution is -0.141. The molecule has 0 fully saturated rings. The van der Waals surface area contributed by atoms with E-state index in [4.69, 9.17) is 10.8 Å². The number of nitrogens with zero attached hydrogens (tertiary/aromatic N) is 3. The topological polar surface area (TPSA) is 94.0 Å². The molecule has 0 radical (unpaired) electrons. The van der Waals surface area contributed by atoms with Gasteiger partial charge in [-0.1, -0.05) is 0 Å². The summed E-state index contributed by atoms with van der Waals surface area (Å²) in [5.41, 5.74) is 3.92. The number of halogens is 3. The average Bonchev–Trinajstić information content (AvgIpc) is 2.77. The van der Waals surface area contributed by atoms with Crippen LogP contribution in [0.4, 0.5) is 18.9 Å². The van der Waals surface area contributed by atoms with Gasteiger partial charge in [0, 0.05) is 12.4 Å². The molecule has 0 saturated heterocycles. The SMILES string of the molecule is Nc1c(C(=O)O)ccnc1-n1ccc(C(F)(F)F)n1. The van der Waals surface area contributed by atoms with E-state index < -0.39 is 17.8 Å². The molecular formula is C10H7F3N4O2. The van der Waals surface area contributed by atoms with Crippen molar-refractivity contribution in [2.45, 2.75) is 6.18 Å². The summed E-state index contributed by atoms with van der Waals surface area (Å²) in [7, 11) is 0. The molecule has 3 N–H and O–H groups in total. The Hall–Kier alpha value is -2.58. The number of pyridine rings is 1. The Labute approximate surface area is 104 Å². The quantitative estimate of drug-likeness (QED) is 0.865. The molecule has 2 aromatic heterocycles. The second-order valence-electron chi connectivity index (χ2n) is 3.54. The first-order valence-electron chi connectivity index (χ1n) is 4.91. The summed E-state index contributed by atoms with van der Waals surface area (Å²) in [5.74, 6) is -1.47. The number of rotatable bonds is 2. The van der Waals surface area contributed by atoms with Crippen LogP contribution in [-0.2, 0) is 6.18 Å². The molecule has 0 aromatic carbocycles. The average molecular weight is 272 g/mol. The molecule has 100 valence electrons. The number of nitrogen functional groups attached to an aromatic ring is 1. The van der Waals surface area contributed by atoms with E-state index in [9.17, 15) is 18.0 Å². The van der Waals surface area contributed by atoms with E-state index in [1.165, 1.54) is 0 Å². The van der Waals surface area contributed by atoms with Crippen molar-refractivity contribution in [3.05, 3.63) is 35.8 Å². The third-order valence-electron chi connectivity index (χ3n) is 2.30. The molecule has 0 aliphatic carbocycles. The molecule has 9 heteroatoms. The number of carboxylic acids is 1. The molecule has 2 heterocycles. The summed E-state index contributed by atoms with van der Waals surface area (Å²) in [6.45, 7) is 0. The van der Waals surface area contributed by atoms with E-state index in [1.807, 2.05) is 0 Å². The summed E-state index contributed by atoms with van der Waals surface area (Å²) >= 11 is 0. The van der Waals surface area contributed by atoms with Gasteiger partial charge in [-0.15, -0.1) is 0 Å². The monoisotopic (exact) mass is 272 g/mol. The molecule has 2 rings (SSSR count). The third kappa shape index (κ3) is 2.34. The Kier molecular flexibility index (Phi) is 2.89. The maximum absolute atomic E-state index is 12.4. The number of alkyl halides is 3. The number of carboxylic acid groups (broad SMARTS) is 1. The Bertz CT molecular complexity index is 636. The minimum Gasteiger partial charge on any atom is -0.478 e. The zero-order chi connectivity index (χ0) is 14.2. The predicted molar refractivity (Wildman–Crippen MR) is 57.7 cm³/mol. The number of hydrogen-bond acceptors (Lipinski definition) is 4. The van der Waals surface area contributed by atoms with Crippen LogP contribution in [0.2, 0.25) is 0 Å². The summed E-state index contributed by atoms with van der Waals surface area (Å²) in [5, 5.41) is 12.1. The second-order valence-corrected chi connectivity index (χ2v) is 3.54. The van der Waals surface area contributed by atoms with Crippen molar-refractivity contribution in [3.8, 4) is 5.82 Å². The van der Waals surface area contributed by atoms with E-state index in [0.717, 1.165) is 29.2 Å². The summed E-state index contributed by atoms with van der Waals surface area (Å²) in [6, 6.07) is 1.89. The highest BCUT2D eigenvalue weighted by Gasteiger charge is 2.34. The van der Waals surface area contributed by atoms with Crippen molar-refractivity contribution in [3.63, 3.8) is 0 Å². The van der Waals surface area contributed by atoms with Gasteiger partial charge in [0.1, 0.15) is 0 Å². The first-order valence-corrected chi connectivity index (χ1v) is 4.91. The number of hydrogen-bond donors (Lipinski definition) is 2. The summed E-state index contributed by atoms with van der Waals surface area (Å²) < 4.78 is 38.0. The van der Waals surface area contributed by atoms with Crippen LogP contribution >= 0.6 is 0 Å². The fraction of sp³-hybridized carbons (Fsp3) is 0.100. The van der Waals surface area contributed by atoms with Crippen LogP contribution < -0.4 is 5.73 Å². The number of aromatic carboxylic acids is 1. The van der Waals surface area contributed by atoms with Gasteiger partial charge in [0.25, 0.3) is 0 Å². The van der Waals surface area contributed by atoms with E-state index >= 15 is 0 Å². The summed E-state index contributed by atoms with van der Waals surface area (Å²) in [6.07, 6.45) is -2.46. The molecule has 0 atom stereocenters. The van der Waals surface area contributed by atoms with Crippen LogP contribution in [0.5, 0.6) is 0 Å². The lowest BCUT2D eigenvalue weighted by atomic mass is 10.2. The van der Waals surface area contributed by atoms with Crippen LogP contribution in [-0.4, -0.2) is 25.8 Å². The minimum absolute atomic E-state index is 0.171. The molecule has 0 amide bonds. The first kappa shape index (κ1) is 12.9. The number of anilines is 1. The van der Waals surface area contributed by atoms with Crippen molar-refractivity contribution in [1.29, 1.82) is 0 Å². The number of aromatic nitrogens is 3. The van der Waals surface area contributed by atoms with E-state index in [2.05, 4.69) is 10.1 Å². The maximum Gasteiger partial charge on any atom is 0.435 e. The molecule has 0 aliphatic rings. The number of nitrogens with two attached hydrogens (primary N) is 1. The smallest absolute Gasteiger partial charge is 0.435 e. The van der Waals surface area contributed by atoms with Gasteiger partial charge in [-0.05, 0) is 12.1 Å². The Balaban J connectivity index is 2.51. The van der Waals surface area contributed by atoms with Crippen molar-refractivity contribution in [2.75, 3.05) is 5.73 Å². The Morgan fingerprint density at radius 3 is 2.58 bits per heavy atom. The van der Waals surface area contributed by atoms with Gasteiger partial charge in [0.15, 0.2) is 11.5 Å². The number of carbonyl (C=O) groups is 1. The van der Waals surface area contributed by atoms with Gasteiger partial charge in [-0.2, -0.15) is 18.3 Å². The molecule has 0 saturated carbocycles. The second kappa shape index (κ2) is 4.26. The third-order valence-corrected chi connectivity index (χ3v) is 2.30. The van der Waals surface area contributed by atoms with Crippen molar-refractivity contribution in [1.82, 2.24) is 14.8 Å². The zero-order valence-corrected chi connectivity index (χ0v) is 9.22. The van der Waals surface area contributed by atoms with Gasteiger partial charge >= 0.3 is 12.1 Å². The fourth-order valence-corrected chi connectivity index (χ4v) is 1.42. The molecule has 19 heavy (non-hydrogen) atoms. The molecule has 0 bridgehead atoms. The molecule has 2 aromatic rings. The van der Waals surface area contributed by atoms with Crippen LogP contribution in [0.15, 0.2) is 24.5 Å². The van der Waals surface area contributed by atoms with Crippen LogP contribution in [0.25, 0.3) is 5.82 Å². The molecule has 6 nitrogen and oxygen atoms in total. The minimum atomic E-state index is -4.59. The van der Waals surface area contributed by atoms with Gasteiger partial charge in [-0.25, -0.2) is 14.5 Å². The van der Waals surface area contributed by atoms with Gasteiger partial charge in [0.2, 0.25) is 0 Å².